The summed E-state index contributed by atoms with van der Waals surface area (Å²) >= 11 is 6.72. The number of fused-ring (bicyclic) bond motifs is 1. The Morgan fingerprint density at radius 1 is 1.19 bits per heavy atom. The van der Waals surface area contributed by atoms with Crippen LogP contribution in [0.1, 0.15) is 49.1 Å². The largest absolute Gasteiger partial charge is 0.389 e. The van der Waals surface area contributed by atoms with E-state index in [-0.39, 0.29) is 23.3 Å². The van der Waals surface area contributed by atoms with Crippen molar-refractivity contribution in [1.82, 2.24) is 14.9 Å². The molecule has 3 aliphatic rings. The number of carbonyl (C=O) groups excluding carboxylic acids is 1. The van der Waals surface area contributed by atoms with Gasteiger partial charge in [-0.25, -0.2) is 4.98 Å². The summed E-state index contributed by atoms with van der Waals surface area (Å²) in [6.07, 6.45) is 7.67. The van der Waals surface area contributed by atoms with Crippen LogP contribution in [0.25, 0.3) is 10.8 Å². The van der Waals surface area contributed by atoms with E-state index in [1.807, 2.05) is 24.3 Å². The minimum absolute atomic E-state index is 0.0109. The number of halogens is 1. The van der Waals surface area contributed by atoms with E-state index in [2.05, 4.69) is 33.2 Å². The van der Waals surface area contributed by atoms with E-state index >= 15 is 0 Å². The fraction of sp³-hybridized carbons (Fsp3) is 0.464. The molecular formula is C28H31ClN4O3. The molecule has 6 rings (SSSR count). The number of anilines is 1. The molecule has 188 valence electrons. The molecule has 2 saturated heterocycles. The zero-order chi connectivity index (χ0) is 24.9. The number of hydrogen-bond acceptors (Lipinski definition) is 6. The van der Waals surface area contributed by atoms with Crippen molar-refractivity contribution in [1.29, 1.82) is 0 Å². The molecule has 2 N–H and O–H groups in total. The van der Waals surface area contributed by atoms with E-state index in [4.69, 9.17) is 16.3 Å². The van der Waals surface area contributed by atoms with E-state index in [1.54, 1.807) is 18.6 Å². The molecule has 4 atom stereocenters. The Balaban J connectivity index is 1.15. The Kier molecular flexibility index (Phi) is 6.20. The van der Waals surface area contributed by atoms with Gasteiger partial charge in [-0.05, 0) is 98.0 Å². The average molecular weight is 507 g/mol. The SMILES string of the molecule is C[C@]1(N2CCC(c3cc4cc(NC(=O)[C@@H]5C[C@H]5c5ccncc5)ncc4cc3Cl)CC2)COC[C@H]1O. The van der Waals surface area contributed by atoms with Crippen molar-refractivity contribution in [2.24, 2.45) is 5.92 Å². The number of carbonyl (C=O) groups is 1. The zero-order valence-electron chi connectivity index (χ0n) is 20.4. The van der Waals surface area contributed by atoms with Crippen LogP contribution in [0.4, 0.5) is 5.82 Å². The van der Waals surface area contributed by atoms with E-state index in [1.165, 1.54) is 0 Å². The standard InChI is InChI=1S/C28H31ClN4O3/c1-28(16-36-15-25(28)34)33-8-4-18(5-9-33)22-10-19-12-26(31-14-20(19)11-24(22)29)32-27(35)23-13-21(23)17-2-6-30-7-3-17/h2-3,6-7,10-12,14,18,21,23,25,34H,4-5,8-9,13,15-16H2,1H3,(H,31,32,35)/t21-,23+,25+,28-/m0/s1. The number of aliphatic hydroxyl groups excluding tert-OH is 1. The summed E-state index contributed by atoms with van der Waals surface area (Å²) in [5, 5.41) is 16.2. The van der Waals surface area contributed by atoms with Crippen molar-refractivity contribution in [3.05, 3.63) is 65.1 Å². The zero-order valence-corrected chi connectivity index (χ0v) is 21.1. The fourth-order valence-corrected chi connectivity index (χ4v) is 6.23. The molecule has 7 nitrogen and oxygen atoms in total. The lowest BCUT2D eigenvalue weighted by Gasteiger charge is -2.43. The van der Waals surface area contributed by atoms with Gasteiger partial charge in [-0.2, -0.15) is 0 Å². The van der Waals surface area contributed by atoms with Crippen LogP contribution in [0.3, 0.4) is 0 Å². The van der Waals surface area contributed by atoms with E-state index in [0.29, 0.717) is 24.9 Å². The molecule has 0 unspecified atom stereocenters. The third-order valence-corrected chi connectivity index (χ3v) is 8.72. The smallest absolute Gasteiger partial charge is 0.229 e. The monoisotopic (exact) mass is 506 g/mol. The number of likely N-dealkylation sites (tertiary alicyclic amines) is 1. The molecule has 1 amide bonds. The lowest BCUT2D eigenvalue weighted by Crippen LogP contribution is -2.56. The first-order valence-electron chi connectivity index (χ1n) is 12.7. The lowest BCUT2D eigenvalue weighted by atomic mass is 9.85. The second-order valence-electron chi connectivity index (χ2n) is 10.7. The van der Waals surface area contributed by atoms with Crippen molar-refractivity contribution in [3.63, 3.8) is 0 Å². The van der Waals surface area contributed by atoms with Gasteiger partial charge in [-0.15, -0.1) is 0 Å². The number of nitrogens with zero attached hydrogens (tertiary/aromatic N) is 3. The first-order valence-corrected chi connectivity index (χ1v) is 13.1. The maximum absolute atomic E-state index is 12.8. The molecule has 1 aliphatic carbocycles. The molecule has 2 aliphatic heterocycles. The lowest BCUT2D eigenvalue weighted by molar-refractivity contribution is -0.117. The summed E-state index contributed by atoms with van der Waals surface area (Å²) in [6, 6.07) is 10.0. The predicted octanol–water partition coefficient (Wildman–Crippen LogP) is 4.35. The Morgan fingerprint density at radius 3 is 2.69 bits per heavy atom. The van der Waals surface area contributed by atoms with Crippen LogP contribution >= 0.6 is 11.6 Å². The Bertz CT molecular complexity index is 1280. The number of rotatable bonds is 5. The number of benzene rings is 1. The third kappa shape index (κ3) is 4.39. The number of amides is 1. The second-order valence-corrected chi connectivity index (χ2v) is 11.1. The summed E-state index contributed by atoms with van der Waals surface area (Å²) in [5.74, 6) is 1.15. The number of nitrogens with one attached hydrogen (secondary N) is 1. The molecule has 36 heavy (non-hydrogen) atoms. The van der Waals surface area contributed by atoms with Crippen molar-refractivity contribution in [2.45, 2.75) is 49.7 Å². The molecule has 3 aromatic rings. The van der Waals surface area contributed by atoms with Gasteiger partial charge in [0.05, 0.1) is 24.9 Å². The normalized spacial score (nSPS) is 28.9. The van der Waals surface area contributed by atoms with Crippen molar-refractivity contribution >= 4 is 34.1 Å². The molecule has 0 radical (unpaired) electrons. The van der Waals surface area contributed by atoms with Gasteiger partial charge in [-0.1, -0.05) is 11.6 Å². The predicted molar refractivity (Wildman–Crippen MR) is 139 cm³/mol. The van der Waals surface area contributed by atoms with Gasteiger partial charge in [0.1, 0.15) is 5.82 Å². The first-order chi connectivity index (χ1) is 17.4. The summed E-state index contributed by atoms with van der Waals surface area (Å²) in [5.41, 5.74) is 1.99. The maximum atomic E-state index is 12.8. The highest BCUT2D eigenvalue weighted by atomic mass is 35.5. The minimum Gasteiger partial charge on any atom is -0.389 e. The van der Waals surface area contributed by atoms with Crippen molar-refractivity contribution in [3.8, 4) is 0 Å². The van der Waals surface area contributed by atoms with Crippen LogP contribution in [0.15, 0.2) is 48.9 Å². The van der Waals surface area contributed by atoms with Gasteiger partial charge in [0.2, 0.25) is 5.91 Å². The topological polar surface area (TPSA) is 87.6 Å². The summed E-state index contributed by atoms with van der Waals surface area (Å²) in [7, 11) is 0. The van der Waals surface area contributed by atoms with Gasteiger partial charge in [0.15, 0.2) is 0 Å². The van der Waals surface area contributed by atoms with Crippen LogP contribution in [-0.4, -0.2) is 63.8 Å². The third-order valence-electron chi connectivity index (χ3n) is 8.40. The molecule has 2 aromatic heterocycles. The Hall–Kier alpha value is -2.58. The molecule has 0 bridgehead atoms. The van der Waals surface area contributed by atoms with Gasteiger partial charge < -0.3 is 15.2 Å². The molecule has 1 saturated carbocycles. The fourth-order valence-electron chi connectivity index (χ4n) is 5.90. The van der Waals surface area contributed by atoms with Gasteiger partial charge in [-0.3, -0.25) is 14.7 Å². The molecular weight excluding hydrogens is 476 g/mol. The van der Waals surface area contributed by atoms with Gasteiger partial charge in [0.25, 0.3) is 0 Å². The second kappa shape index (κ2) is 9.38. The van der Waals surface area contributed by atoms with Crippen molar-refractivity contribution in [2.75, 3.05) is 31.6 Å². The van der Waals surface area contributed by atoms with E-state index in [0.717, 1.165) is 59.3 Å². The number of ether oxygens (including phenoxy) is 1. The van der Waals surface area contributed by atoms with Crippen LogP contribution in [0.2, 0.25) is 5.02 Å². The highest BCUT2D eigenvalue weighted by Gasteiger charge is 2.45. The quantitative estimate of drug-likeness (QED) is 0.535. The average Bonchev–Trinajstić information content (AvgIpc) is 3.63. The van der Waals surface area contributed by atoms with Crippen LogP contribution in [0, 0.1) is 5.92 Å². The number of aromatic nitrogens is 2. The minimum atomic E-state index is -0.449. The molecule has 1 aromatic carbocycles. The number of hydrogen-bond donors (Lipinski definition) is 2. The summed E-state index contributed by atoms with van der Waals surface area (Å²) in [4.78, 5) is 23.7. The first kappa shape index (κ1) is 23.8. The Morgan fingerprint density at radius 2 is 1.97 bits per heavy atom. The van der Waals surface area contributed by atoms with Crippen LogP contribution in [0.5, 0.6) is 0 Å². The molecule has 3 fully saturated rings. The van der Waals surface area contributed by atoms with Gasteiger partial charge in [0, 0.05) is 34.9 Å². The van der Waals surface area contributed by atoms with Crippen LogP contribution in [-0.2, 0) is 9.53 Å². The molecule has 4 heterocycles. The van der Waals surface area contributed by atoms with Crippen molar-refractivity contribution < 1.29 is 14.6 Å². The molecule has 0 spiro atoms. The summed E-state index contributed by atoms with van der Waals surface area (Å²) in [6.45, 7) is 4.87. The highest BCUT2D eigenvalue weighted by molar-refractivity contribution is 6.32. The van der Waals surface area contributed by atoms with Gasteiger partial charge >= 0.3 is 0 Å². The maximum Gasteiger partial charge on any atom is 0.229 e. The van der Waals surface area contributed by atoms with E-state index in [9.17, 15) is 9.90 Å². The van der Waals surface area contributed by atoms with E-state index < -0.39 is 6.10 Å². The van der Waals surface area contributed by atoms with Crippen LogP contribution < -0.4 is 5.32 Å². The highest BCUT2D eigenvalue weighted by Crippen LogP contribution is 2.48. The number of aliphatic hydroxyl groups is 1. The number of pyridine rings is 2. The Labute approximate surface area is 215 Å². The molecule has 8 heteroatoms. The summed E-state index contributed by atoms with van der Waals surface area (Å²) < 4.78 is 5.54. The number of piperidine rings is 1.